The van der Waals surface area contributed by atoms with E-state index in [2.05, 4.69) is 37.1 Å². The number of rotatable bonds is 7. The van der Waals surface area contributed by atoms with Crippen molar-refractivity contribution in [1.82, 2.24) is 10.3 Å². The second-order valence-electron chi connectivity index (χ2n) is 4.78. The first-order valence-corrected chi connectivity index (χ1v) is 6.34. The van der Waals surface area contributed by atoms with Gasteiger partial charge < -0.3 is 5.32 Å². The zero-order valence-corrected chi connectivity index (χ0v) is 10.7. The Labute approximate surface area is 99.5 Å². The summed E-state index contributed by atoms with van der Waals surface area (Å²) in [5.74, 6) is 0.762. The number of hydrogen-bond donors (Lipinski definition) is 1. The lowest BCUT2D eigenvalue weighted by Gasteiger charge is -2.19. The number of aromatic nitrogens is 1. The first kappa shape index (κ1) is 13.2. The molecule has 2 nitrogen and oxygen atoms in total. The Kier molecular flexibility index (Phi) is 6.09. The maximum atomic E-state index is 4.15. The summed E-state index contributed by atoms with van der Waals surface area (Å²) in [7, 11) is 0. The smallest absolute Gasteiger partial charge is 0.0299 e. The largest absolute Gasteiger partial charge is 0.314 e. The highest BCUT2D eigenvalue weighted by molar-refractivity contribution is 5.08. The van der Waals surface area contributed by atoms with Gasteiger partial charge in [0.1, 0.15) is 0 Å². The lowest BCUT2D eigenvalue weighted by molar-refractivity contribution is 0.405. The van der Waals surface area contributed by atoms with Crippen LogP contribution in [0.25, 0.3) is 0 Å². The zero-order valence-electron chi connectivity index (χ0n) is 10.7. The van der Waals surface area contributed by atoms with Crippen LogP contribution in [0.15, 0.2) is 24.5 Å². The summed E-state index contributed by atoms with van der Waals surface area (Å²) in [6, 6.07) is 4.82. The monoisotopic (exact) mass is 220 g/mol. The van der Waals surface area contributed by atoms with Gasteiger partial charge in [-0.05, 0) is 43.4 Å². The van der Waals surface area contributed by atoms with Gasteiger partial charge in [-0.1, -0.05) is 26.8 Å². The third-order valence-corrected chi connectivity index (χ3v) is 2.75. The number of nitrogens with one attached hydrogen (secondary N) is 1. The maximum Gasteiger partial charge on any atom is 0.0299 e. The van der Waals surface area contributed by atoms with E-state index < -0.39 is 0 Å². The fraction of sp³-hybridized carbons (Fsp3) is 0.643. The lowest BCUT2D eigenvalue weighted by atomic mass is 9.98. The quantitative estimate of drug-likeness (QED) is 0.764. The van der Waals surface area contributed by atoms with Crippen molar-refractivity contribution in [3.8, 4) is 0 Å². The van der Waals surface area contributed by atoms with E-state index in [1.807, 2.05) is 18.5 Å². The number of nitrogens with zero attached hydrogens (tertiary/aromatic N) is 1. The van der Waals surface area contributed by atoms with Crippen molar-refractivity contribution in [1.29, 1.82) is 0 Å². The van der Waals surface area contributed by atoms with Gasteiger partial charge in [0, 0.05) is 18.4 Å². The Bertz CT molecular complexity index is 269. The van der Waals surface area contributed by atoms with Crippen LogP contribution in [0.5, 0.6) is 0 Å². The summed E-state index contributed by atoms with van der Waals surface area (Å²) in [4.78, 5) is 4.15. The Morgan fingerprint density at radius 3 is 2.75 bits per heavy atom. The highest BCUT2D eigenvalue weighted by Gasteiger charge is 2.09. The van der Waals surface area contributed by atoms with E-state index in [9.17, 15) is 0 Å². The summed E-state index contributed by atoms with van der Waals surface area (Å²) in [6.07, 6.45) is 7.39. The van der Waals surface area contributed by atoms with Crippen LogP contribution in [0.1, 0.15) is 39.2 Å². The molecule has 1 aromatic rings. The predicted octanol–water partition coefficient (Wildman–Crippen LogP) is 3.04. The fourth-order valence-electron chi connectivity index (χ4n) is 2.05. The van der Waals surface area contributed by atoms with Gasteiger partial charge in [0.05, 0.1) is 0 Å². The minimum absolute atomic E-state index is 0.644. The molecule has 0 aromatic carbocycles. The molecular formula is C14H24N2. The van der Waals surface area contributed by atoms with Gasteiger partial charge in [-0.15, -0.1) is 0 Å². The van der Waals surface area contributed by atoms with Crippen LogP contribution in [0.3, 0.4) is 0 Å². The van der Waals surface area contributed by atoms with Crippen molar-refractivity contribution >= 4 is 0 Å². The molecule has 0 saturated carbocycles. The molecule has 0 spiro atoms. The number of aryl methyl sites for hydroxylation is 1. The van der Waals surface area contributed by atoms with Gasteiger partial charge in [-0.2, -0.15) is 0 Å². The molecule has 0 radical (unpaired) electrons. The first-order chi connectivity index (χ1) is 7.72. The van der Waals surface area contributed by atoms with Crippen molar-refractivity contribution in [2.75, 3.05) is 6.54 Å². The van der Waals surface area contributed by atoms with E-state index in [0.717, 1.165) is 18.9 Å². The summed E-state index contributed by atoms with van der Waals surface area (Å²) in [5, 5.41) is 3.56. The average Bonchev–Trinajstić information content (AvgIpc) is 2.27. The number of pyridine rings is 1. The topological polar surface area (TPSA) is 24.9 Å². The predicted molar refractivity (Wildman–Crippen MR) is 69.5 cm³/mol. The molecule has 2 heteroatoms. The van der Waals surface area contributed by atoms with Crippen molar-refractivity contribution in [3.05, 3.63) is 30.1 Å². The van der Waals surface area contributed by atoms with Gasteiger partial charge >= 0.3 is 0 Å². The fourth-order valence-corrected chi connectivity index (χ4v) is 2.05. The van der Waals surface area contributed by atoms with Crippen LogP contribution >= 0.6 is 0 Å². The molecule has 0 aliphatic rings. The van der Waals surface area contributed by atoms with Crippen LogP contribution in [0, 0.1) is 5.92 Å². The molecule has 0 amide bonds. The summed E-state index contributed by atoms with van der Waals surface area (Å²) in [5.41, 5.74) is 1.34. The van der Waals surface area contributed by atoms with Gasteiger partial charge in [-0.25, -0.2) is 0 Å². The summed E-state index contributed by atoms with van der Waals surface area (Å²) in [6.45, 7) is 7.81. The van der Waals surface area contributed by atoms with Crippen LogP contribution in [-0.4, -0.2) is 17.6 Å². The van der Waals surface area contributed by atoms with Gasteiger partial charge in [0.15, 0.2) is 0 Å². The second-order valence-corrected chi connectivity index (χ2v) is 4.78. The number of hydrogen-bond acceptors (Lipinski definition) is 2. The molecule has 16 heavy (non-hydrogen) atoms. The van der Waals surface area contributed by atoms with Gasteiger partial charge in [-0.3, -0.25) is 4.98 Å². The van der Waals surface area contributed by atoms with Crippen LogP contribution in [0.4, 0.5) is 0 Å². The SMILES string of the molecule is CCNC(CCc1cccnc1)CC(C)C. The molecule has 1 heterocycles. The zero-order chi connectivity index (χ0) is 11.8. The van der Waals surface area contributed by atoms with Crippen molar-refractivity contribution in [2.24, 2.45) is 5.92 Å². The molecule has 1 unspecified atom stereocenters. The molecule has 0 fully saturated rings. The Morgan fingerprint density at radius 2 is 2.19 bits per heavy atom. The van der Waals surface area contributed by atoms with E-state index in [1.165, 1.54) is 18.4 Å². The Balaban J connectivity index is 2.37. The third-order valence-electron chi connectivity index (χ3n) is 2.75. The van der Waals surface area contributed by atoms with Gasteiger partial charge in [0.25, 0.3) is 0 Å². The van der Waals surface area contributed by atoms with Crippen LogP contribution < -0.4 is 5.32 Å². The van der Waals surface area contributed by atoms with Crippen molar-refractivity contribution in [3.63, 3.8) is 0 Å². The minimum Gasteiger partial charge on any atom is -0.314 e. The molecular weight excluding hydrogens is 196 g/mol. The van der Waals surface area contributed by atoms with E-state index in [4.69, 9.17) is 0 Å². The Hall–Kier alpha value is -0.890. The highest BCUT2D eigenvalue weighted by Crippen LogP contribution is 2.11. The van der Waals surface area contributed by atoms with E-state index in [-0.39, 0.29) is 0 Å². The molecule has 90 valence electrons. The lowest BCUT2D eigenvalue weighted by Crippen LogP contribution is -2.30. The second kappa shape index (κ2) is 7.39. The van der Waals surface area contributed by atoms with Gasteiger partial charge in [0.2, 0.25) is 0 Å². The normalized spacial score (nSPS) is 13.0. The minimum atomic E-state index is 0.644. The molecule has 0 saturated heterocycles. The van der Waals surface area contributed by atoms with E-state index >= 15 is 0 Å². The average molecular weight is 220 g/mol. The standard InChI is InChI=1S/C14H24N2/c1-4-16-14(10-12(2)3)8-7-13-6-5-9-15-11-13/h5-6,9,11-12,14,16H,4,7-8,10H2,1-3H3. The van der Waals surface area contributed by atoms with Crippen molar-refractivity contribution in [2.45, 2.75) is 46.1 Å². The molecule has 1 aromatic heterocycles. The maximum absolute atomic E-state index is 4.15. The van der Waals surface area contributed by atoms with E-state index in [1.54, 1.807) is 0 Å². The molecule has 1 atom stereocenters. The van der Waals surface area contributed by atoms with Crippen LogP contribution in [0.2, 0.25) is 0 Å². The highest BCUT2D eigenvalue weighted by atomic mass is 14.9. The summed E-state index contributed by atoms with van der Waals surface area (Å²) >= 11 is 0. The summed E-state index contributed by atoms with van der Waals surface area (Å²) < 4.78 is 0. The molecule has 1 N–H and O–H groups in total. The molecule has 0 aliphatic heterocycles. The van der Waals surface area contributed by atoms with E-state index in [0.29, 0.717) is 6.04 Å². The molecule has 1 rings (SSSR count). The molecule has 0 bridgehead atoms. The van der Waals surface area contributed by atoms with Crippen molar-refractivity contribution < 1.29 is 0 Å². The molecule has 0 aliphatic carbocycles. The first-order valence-electron chi connectivity index (χ1n) is 6.34. The van der Waals surface area contributed by atoms with Crippen LogP contribution in [-0.2, 0) is 6.42 Å². The third kappa shape index (κ3) is 5.26. The Morgan fingerprint density at radius 1 is 1.38 bits per heavy atom.